The van der Waals surface area contributed by atoms with Gasteiger partial charge in [0.2, 0.25) is 5.88 Å². The number of anilines is 1. The summed E-state index contributed by atoms with van der Waals surface area (Å²) < 4.78 is 5.47. The van der Waals surface area contributed by atoms with Crippen molar-refractivity contribution in [1.82, 2.24) is 9.97 Å². The first-order valence-electron chi connectivity index (χ1n) is 6.75. The summed E-state index contributed by atoms with van der Waals surface area (Å²) in [5.41, 5.74) is 5.89. The van der Waals surface area contributed by atoms with Gasteiger partial charge in [0, 0.05) is 12.1 Å². The maximum absolute atomic E-state index is 5.89. The minimum atomic E-state index is 0.369. The lowest BCUT2D eigenvalue weighted by atomic mass is 9.92. The van der Waals surface area contributed by atoms with E-state index in [0.717, 1.165) is 37.9 Å². The van der Waals surface area contributed by atoms with Gasteiger partial charge in [-0.05, 0) is 32.1 Å². The van der Waals surface area contributed by atoms with Crippen LogP contribution in [0, 0.1) is 0 Å². The normalized spacial score (nSPS) is 23.7. The van der Waals surface area contributed by atoms with Crippen molar-refractivity contribution < 1.29 is 4.74 Å². The summed E-state index contributed by atoms with van der Waals surface area (Å²) in [5, 5.41) is 3.41. The van der Waals surface area contributed by atoms with Crippen LogP contribution in [-0.2, 0) is 0 Å². The molecule has 1 aliphatic carbocycles. The van der Waals surface area contributed by atoms with Crippen molar-refractivity contribution in [3.63, 3.8) is 0 Å². The summed E-state index contributed by atoms with van der Waals surface area (Å²) in [7, 11) is 0. The van der Waals surface area contributed by atoms with Gasteiger partial charge < -0.3 is 15.8 Å². The number of nitrogens with zero attached hydrogens (tertiary/aromatic N) is 2. The molecule has 0 atom stereocenters. The van der Waals surface area contributed by atoms with E-state index in [9.17, 15) is 0 Å². The van der Waals surface area contributed by atoms with Crippen LogP contribution < -0.4 is 15.8 Å². The first-order valence-corrected chi connectivity index (χ1v) is 6.75. The summed E-state index contributed by atoms with van der Waals surface area (Å²) in [6.07, 6.45) is 8.73. The zero-order valence-corrected chi connectivity index (χ0v) is 10.9. The molecule has 0 bridgehead atoms. The first kappa shape index (κ1) is 13.1. The zero-order valence-electron chi connectivity index (χ0n) is 10.9. The van der Waals surface area contributed by atoms with Crippen molar-refractivity contribution in [2.75, 3.05) is 11.9 Å². The summed E-state index contributed by atoms with van der Waals surface area (Å²) in [6.45, 7) is 2.75. The van der Waals surface area contributed by atoms with Crippen LogP contribution in [0.15, 0.2) is 12.4 Å². The topological polar surface area (TPSA) is 73.1 Å². The Bertz CT molecular complexity index is 364. The Balaban J connectivity index is 1.88. The van der Waals surface area contributed by atoms with Gasteiger partial charge in [0.25, 0.3) is 0 Å². The molecule has 0 aliphatic heterocycles. The molecule has 0 aromatic carbocycles. The Morgan fingerprint density at radius 1 is 1.33 bits per heavy atom. The first-order chi connectivity index (χ1) is 8.78. The maximum atomic E-state index is 5.89. The van der Waals surface area contributed by atoms with E-state index in [1.165, 1.54) is 0 Å². The molecule has 2 rings (SSSR count). The van der Waals surface area contributed by atoms with Crippen LogP contribution >= 0.6 is 0 Å². The van der Waals surface area contributed by atoms with E-state index in [1.807, 2.05) is 0 Å². The highest BCUT2D eigenvalue weighted by Gasteiger charge is 2.18. The van der Waals surface area contributed by atoms with Crippen molar-refractivity contribution >= 4 is 5.82 Å². The van der Waals surface area contributed by atoms with Crippen molar-refractivity contribution in [2.45, 2.75) is 51.1 Å². The van der Waals surface area contributed by atoms with Crippen LogP contribution in [0.5, 0.6) is 5.88 Å². The van der Waals surface area contributed by atoms with E-state index in [-0.39, 0.29) is 0 Å². The molecule has 100 valence electrons. The number of hydrogen-bond donors (Lipinski definition) is 2. The zero-order chi connectivity index (χ0) is 12.8. The quantitative estimate of drug-likeness (QED) is 0.835. The minimum absolute atomic E-state index is 0.369. The third-order valence-corrected chi connectivity index (χ3v) is 3.19. The van der Waals surface area contributed by atoms with Gasteiger partial charge in [0.15, 0.2) is 0 Å². The Morgan fingerprint density at radius 2 is 2.11 bits per heavy atom. The smallest absolute Gasteiger partial charge is 0.234 e. The summed E-state index contributed by atoms with van der Waals surface area (Å²) >= 11 is 0. The van der Waals surface area contributed by atoms with E-state index in [1.54, 1.807) is 12.4 Å². The average molecular weight is 250 g/mol. The lowest BCUT2D eigenvalue weighted by molar-refractivity contribution is 0.304. The minimum Gasteiger partial charge on any atom is -0.477 e. The van der Waals surface area contributed by atoms with E-state index in [0.29, 0.717) is 24.6 Å². The number of hydrogen-bond acceptors (Lipinski definition) is 5. The fraction of sp³-hybridized carbons (Fsp3) is 0.692. The summed E-state index contributed by atoms with van der Waals surface area (Å²) in [6, 6.07) is 0.828. The predicted octanol–water partition coefficient (Wildman–Crippen LogP) is 1.95. The van der Waals surface area contributed by atoms with Crippen molar-refractivity contribution in [1.29, 1.82) is 0 Å². The fourth-order valence-electron chi connectivity index (χ4n) is 2.17. The lowest BCUT2D eigenvalue weighted by Crippen LogP contribution is -2.33. The van der Waals surface area contributed by atoms with Gasteiger partial charge in [0.1, 0.15) is 5.82 Å². The number of rotatable bonds is 5. The molecule has 0 radical (unpaired) electrons. The number of nitrogens with one attached hydrogen (secondary N) is 1. The highest BCUT2D eigenvalue weighted by molar-refractivity contribution is 5.34. The molecule has 1 heterocycles. The van der Waals surface area contributed by atoms with Crippen LogP contribution in [0.4, 0.5) is 5.82 Å². The lowest BCUT2D eigenvalue weighted by Gasteiger charge is -2.27. The van der Waals surface area contributed by atoms with Crippen molar-refractivity contribution in [3.8, 4) is 5.88 Å². The molecule has 1 aliphatic rings. The molecular formula is C13H22N4O. The monoisotopic (exact) mass is 250 g/mol. The van der Waals surface area contributed by atoms with Gasteiger partial charge in [0.05, 0.1) is 19.0 Å². The predicted molar refractivity (Wildman–Crippen MR) is 71.7 cm³/mol. The largest absolute Gasteiger partial charge is 0.477 e. The van der Waals surface area contributed by atoms with Gasteiger partial charge in [-0.2, -0.15) is 4.98 Å². The molecule has 1 aromatic rings. The third kappa shape index (κ3) is 3.84. The van der Waals surface area contributed by atoms with E-state index >= 15 is 0 Å². The second-order valence-corrected chi connectivity index (χ2v) is 4.85. The third-order valence-electron chi connectivity index (χ3n) is 3.19. The van der Waals surface area contributed by atoms with E-state index < -0.39 is 0 Å². The Kier molecular flexibility index (Phi) is 4.75. The molecule has 18 heavy (non-hydrogen) atoms. The molecule has 5 heteroatoms. The molecule has 0 spiro atoms. The molecule has 5 nitrogen and oxygen atoms in total. The highest BCUT2D eigenvalue weighted by Crippen LogP contribution is 2.20. The molecular weight excluding hydrogens is 228 g/mol. The SMILES string of the molecule is CCCOc1cncc(NC2CCC(N)CC2)n1. The second-order valence-electron chi connectivity index (χ2n) is 4.85. The van der Waals surface area contributed by atoms with Gasteiger partial charge in [-0.3, -0.25) is 4.98 Å². The molecule has 0 saturated heterocycles. The summed E-state index contributed by atoms with van der Waals surface area (Å²) in [5.74, 6) is 1.39. The average Bonchev–Trinajstić information content (AvgIpc) is 2.40. The standard InChI is InChI=1S/C13H22N4O/c1-2-7-18-13-9-15-8-12(17-13)16-11-5-3-10(14)4-6-11/h8-11H,2-7,14H2,1H3,(H,16,17). The van der Waals surface area contributed by atoms with Crippen LogP contribution in [-0.4, -0.2) is 28.7 Å². The van der Waals surface area contributed by atoms with Crippen molar-refractivity contribution in [2.24, 2.45) is 5.73 Å². The van der Waals surface area contributed by atoms with E-state index in [4.69, 9.17) is 10.5 Å². The number of nitrogens with two attached hydrogens (primary N) is 1. The summed E-state index contributed by atoms with van der Waals surface area (Å²) in [4.78, 5) is 8.54. The molecule has 3 N–H and O–H groups in total. The Hall–Kier alpha value is -1.36. The van der Waals surface area contributed by atoms with Crippen molar-refractivity contribution in [3.05, 3.63) is 12.4 Å². The molecule has 1 aromatic heterocycles. The molecule has 0 unspecified atom stereocenters. The van der Waals surface area contributed by atoms with Crippen LogP contribution in [0.25, 0.3) is 0 Å². The molecule has 0 amide bonds. The Labute approximate surface area is 108 Å². The van der Waals surface area contributed by atoms with Gasteiger partial charge in [-0.1, -0.05) is 6.92 Å². The number of aromatic nitrogens is 2. The number of ether oxygens (including phenoxy) is 1. The fourth-order valence-corrected chi connectivity index (χ4v) is 2.17. The molecule has 1 fully saturated rings. The van der Waals surface area contributed by atoms with Crippen LogP contribution in [0.1, 0.15) is 39.0 Å². The second kappa shape index (κ2) is 6.54. The maximum Gasteiger partial charge on any atom is 0.234 e. The van der Waals surface area contributed by atoms with Crippen LogP contribution in [0.3, 0.4) is 0 Å². The van der Waals surface area contributed by atoms with Gasteiger partial charge in [-0.15, -0.1) is 0 Å². The van der Waals surface area contributed by atoms with Gasteiger partial charge >= 0.3 is 0 Å². The van der Waals surface area contributed by atoms with E-state index in [2.05, 4.69) is 22.2 Å². The highest BCUT2D eigenvalue weighted by atomic mass is 16.5. The molecule has 1 saturated carbocycles. The van der Waals surface area contributed by atoms with Gasteiger partial charge in [-0.25, -0.2) is 0 Å². The Morgan fingerprint density at radius 3 is 2.83 bits per heavy atom. The van der Waals surface area contributed by atoms with Crippen LogP contribution in [0.2, 0.25) is 0 Å².